The molecule has 8 nitrogen and oxygen atoms in total. The minimum Gasteiger partial charge on any atom is -0.495 e. The molecule has 3 rings (SSSR count). The van der Waals surface area contributed by atoms with E-state index in [2.05, 4.69) is 15.6 Å². The maximum atomic E-state index is 14.4. The normalized spacial score (nSPS) is 10.2. The van der Waals surface area contributed by atoms with E-state index in [9.17, 15) is 14.0 Å². The molecule has 3 aromatic rings. The third kappa shape index (κ3) is 5.15. The number of carbonyl (C=O) groups excluding carboxylic acids is 2. The lowest BCUT2D eigenvalue weighted by Gasteiger charge is -2.13. The van der Waals surface area contributed by atoms with Crippen molar-refractivity contribution in [3.63, 3.8) is 0 Å². The summed E-state index contributed by atoms with van der Waals surface area (Å²) in [5, 5.41) is 5.33. The van der Waals surface area contributed by atoms with Crippen molar-refractivity contribution in [3.05, 3.63) is 71.3 Å². The number of ether oxygens (including phenoxy) is 2. The number of methoxy groups -OCH3 is 1. The molecular weight excluding hydrogens is 415 g/mol. The number of hydrogen-bond acceptors (Lipinski definition) is 5. The minimum atomic E-state index is -0.732. The first-order valence-electron chi connectivity index (χ1n) is 8.50. The summed E-state index contributed by atoms with van der Waals surface area (Å²) in [5.74, 6) is -0.647. The molecule has 1 heterocycles. The molecule has 0 spiro atoms. The lowest BCUT2D eigenvalue weighted by Crippen LogP contribution is -2.20. The van der Waals surface area contributed by atoms with Crippen LogP contribution in [0, 0.1) is 5.82 Å². The van der Waals surface area contributed by atoms with E-state index in [1.54, 1.807) is 12.1 Å². The van der Waals surface area contributed by atoms with Crippen LogP contribution >= 0.6 is 11.6 Å². The van der Waals surface area contributed by atoms with E-state index in [0.717, 1.165) is 6.07 Å². The van der Waals surface area contributed by atoms with Crippen LogP contribution in [0.2, 0.25) is 5.02 Å². The van der Waals surface area contributed by atoms with Crippen molar-refractivity contribution in [2.75, 3.05) is 17.7 Å². The fourth-order valence-electron chi connectivity index (χ4n) is 2.46. The highest BCUT2D eigenvalue weighted by Crippen LogP contribution is 2.29. The Morgan fingerprint density at radius 3 is 2.47 bits per heavy atom. The molecular formula is C20H16ClFN4O4. The highest BCUT2D eigenvalue weighted by Gasteiger charge is 2.12. The van der Waals surface area contributed by atoms with Crippen LogP contribution in [0.25, 0.3) is 0 Å². The molecule has 1 aromatic heterocycles. The number of nitrogens with zero attached hydrogens (tertiary/aromatic N) is 1. The number of benzene rings is 2. The molecule has 0 bridgehead atoms. The van der Waals surface area contributed by atoms with Gasteiger partial charge in [-0.3, -0.25) is 9.78 Å². The highest BCUT2D eigenvalue weighted by atomic mass is 35.5. The quantitative estimate of drug-likeness (QED) is 0.535. The summed E-state index contributed by atoms with van der Waals surface area (Å²) in [5.41, 5.74) is 5.43. The number of pyridine rings is 1. The summed E-state index contributed by atoms with van der Waals surface area (Å²) in [7, 11) is 1.44. The third-order valence-electron chi connectivity index (χ3n) is 3.82. The van der Waals surface area contributed by atoms with Crippen LogP contribution in [0.3, 0.4) is 0 Å². The third-order valence-corrected chi connectivity index (χ3v) is 4.05. The number of nitrogens with two attached hydrogens (primary N) is 1. The van der Waals surface area contributed by atoms with E-state index in [0.29, 0.717) is 16.5 Å². The van der Waals surface area contributed by atoms with Crippen LogP contribution in [-0.2, 0) is 0 Å². The molecule has 4 N–H and O–H groups in total. The van der Waals surface area contributed by atoms with Crippen molar-refractivity contribution in [3.8, 4) is 17.2 Å². The van der Waals surface area contributed by atoms with Gasteiger partial charge >= 0.3 is 6.03 Å². The van der Waals surface area contributed by atoms with Gasteiger partial charge < -0.3 is 25.8 Å². The maximum absolute atomic E-state index is 14.4. The Morgan fingerprint density at radius 2 is 1.77 bits per heavy atom. The SMILES string of the molecule is COc1ccc(Cl)cc1NC(=O)Nc1ccc(Oc2ccnc(C(N)=O)c2)cc1F. The van der Waals surface area contributed by atoms with E-state index < -0.39 is 17.8 Å². The van der Waals surface area contributed by atoms with Crippen LogP contribution in [0.4, 0.5) is 20.6 Å². The van der Waals surface area contributed by atoms with E-state index in [1.807, 2.05) is 0 Å². The molecule has 0 aliphatic carbocycles. The Labute approximate surface area is 175 Å². The number of nitrogens with one attached hydrogen (secondary N) is 2. The van der Waals surface area contributed by atoms with Gasteiger partial charge in [-0.2, -0.15) is 0 Å². The summed E-state index contributed by atoms with van der Waals surface area (Å²) in [6.07, 6.45) is 1.34. The molecule has 0 unspecified atom stereocenters. The van der Waals surface area contributed by atoms with Gasteiger partial charge in [0, 0.05) is 23.4 Å². The number of carbonyl (C=O) groups is 2. The Kier molecular flexibility index (Phi) is 6.33. The van der Waals surface area contributed by atoms with E-state index in [-0.39, 0.29) is 22.9 Å². The van der Waals surface area contributed by atoms with Crippen molar-refractivity contribution >= 4 is 34.9 Å². The monoisotopic (exact) mass is 430 g/mol. The molecule has 0 atom stereocenters. The summed E-state index contributed by atoms with van der Waals surface area (Å²) < 4.78 is 25.1. The van der Waals surface area contributed by atoms with Crippen molar-refractivity contribution in [2.45, 2.75) is 0 Å². The fourth-order valence-corrected chi connectivity index (χ4v) is 2.63. The first kappa shape index (κ1) is 20.9. The van der Waals surface area contributed by atoms with Crippen molar-refractivity contribution in [1.82, 2.24) is 4.98 Å². The fraction of sp³-hybridized carbons (Fsp3) is 0.0500. The van der Waals surface area contributed by atoms with Gasteiger partial charge in [0.25, 0.3) is 5.91 Å². The molecule has 0 aliphatic rings. The minimum absolute atomic E-state index is 0.0133. The van der Waals surface area contributed by atoms with Gasteiger partial charge in [0.15, 0.2) is 0 Å². The van der Waals surface area contributed by atoms with E-state index in [1.165, 1.54) is 43.6 Å². The number of aromatic nitrogens is 1. The van der Waals surface area contributed by atoms with Gasteiger partial charge in [-0.05, 0) is 36.4 Å². The summed E-state index contributed by atoms with van der Waals surface area (Å²) in [4.78, 5) is 27.2. The molecule has 10 heteroatoms. The molecule has 3 amide bonds. The first-order chi connectivity index (χ1) is 14.4. The van der Waals surface area contributed by atoms with Gasteiger partial charge in [-0.15, -0.1) is 0 Å². The molecule has 0 saturated carbocycles. The Hall–Kier alpha value is -3.85. The Balaban J connectivity index is 1.70. The molecule has 154 valence electrons. The van der Waals surface area contributed by atoms with Crippen LogP contribution in [0.5, 0.6) is 17.2 Å². The predicted octanol–water partition coefficient (Wildman–Crippen LogP) is 4.42. The van der Waals surface area contributed by atoms with Gasteiger partial charge in [0.2, 0.25) is 0 Å². The smallest absolute Gasteiger partial charge is 0.323 e. The van der Waals surface area contributed by atoms with Crippen LogP contribution in [-0.4, -0.2) is 24.0 Å². The standard InChI is InChI=1S/C20H16ClFN4O4/c1-29-18-5-2-11(21)8-16(18)26-20(28)25-15-4-3-12(9-14(15)22)30-13-6-7-24-17(10-13)19(23)27/h2-10H,1H3,(H2,23,27)(H2,25,26,28). The Bertz CT molecular complexity index is 1110. The number of hydrogen-bond donors (Lipinski definition) is 3. The second kappa shape index (κ2) is 9.10. The van der Waals surface area contributed by atoms with E-state index >= 15 is 0 Å². The topological polar surface area (TPSA) is 116 Å². The molecule has 0 aliphatic heterocycles. The van der Waals surface area contributed by atoms with Gasteiger partial charge in [-0.1, -0.05) is 11.6 Å². The Morgan fingerprint density at radius 1 is 1.03 bits per heavy atom. The second-order valence-electron chi connectivity index (χ2n) is 5.91. The van der Waals surface area contributed by atoms with Crippen LogP contribution < -0.4 is 25.8 Å². The van der Waals surface area contributed by atoms with Gasteiger partial charge in [-0.25, -0.2) is 9.18 Å². The van der Waals surface area contributed by atoms with Crippen molar-refractivity contribution < 1.29 is 23.5 Å². The molecule has 0 fully saturated rings. The predicted molar refractivity (Wildman–Crippen MR) is 110 cm³/mol. The van der Waals surface area contributed by atoms with Crippen molar-refractivity contribution in [1.29, 1.82) is 0 Å². The summed E-state index contributed by atoms with van der Waals surface area (Å²) in [6, 6.07) is 10.7. The molecule has 0 radical (unpaired) electrons. The van der Waals surface area contributed by atoms with Gasteiger partial charge in [0.1, 0.15) is 28.8 Å². The number of primary amides is 1. The van der Waals surface area contributed by atoms with Crippen LogP contribution in [0.15, 0.2) is 54.7 Å². The number of amides is 3. The average molecular weight is 431 g/mol. The second-order valence-corrected chi connectivity index (χ2v) is 6.34. The zero-order valence-electron chi connectivity index (χ0n) is 15.6. The first-order valence-corrected chi connectivity index (χ1v) is 8.88. The summed E-state index contributed by atoms with van der Waals surface area (Å²) >= 11 is 5.92. The lowest BCUT2D eigenvalue weighted by molar-refractivity contribution is 0.0995. The zero-order chi connectivity index (χ0) is 21.7. The van der Waals surface area contributed by atoms with Crippen molar-refractivity contribution in [2.24, 2.45) is 5.73 Å². The number of anilines is 2. The highest BCUT2D eigenvalue weighted by molar-refractivity contribution is 6.31. The maximum Gasteiger partial charge on any atom is 0.323 e. The summed E-state index contributed by atoms with van der Waals surface area (Å²) in [6.45, 7) is 0. The number of urea groups is 1. The largest absolute Gasteiger partial charge is 0.495 e. The van der Waals surface area contributed by atoms with Crippen LogP contribution in [0.1, 0.15) is 10.5 Å². The molecule has 30 heavy (non-hydrogen) atoms. The number of rotatable bonds is 6. The zero-order valence-corrected chi connectivity index (χ0v) is 16.4. The van der Waals surface area contributed by atoms with Gasteiger partial charge in [0.05, 0.1) is 18.5 Å². The molecule has 2 aromatic carbocycles. The van der Waals surface area contributed by atoms with E-state index in [4.69, 9.17) is 26.8 Å². The lowest BCUT2D eigenvalue weighted by atomic mass is 10.2. The average Bonchev–Trinajstić information content (AvgIpc) is 2.70. The number of halogens is 2. The molecule has 0 saturated heterocycles.